The summed E-state index contributed by atoms with van der Waals surface area (Å²) in [6.45, 7) is 11.6. The first-order chi connectivity index (χ1) is 9.24. The van der Waals surface area contributed by atoms with E-state index < -0.39 is 0 Å². The molecule has 0 saturated carbocycles. The molecule has 0 aromatic carbocycles. The average molecular weight is 263 g/mol. The minimum absolute atomic E-state index is 0.338. The number of rotatable bonds is 6. The Kier molecular flexibility index (Phi) is 5.76. The van der Waals surface area contributed by atoms with Crippen molar-refractivity contribution in [3.8, 4) is 0 Å². The van der Waals surface area contributed by atoms with Crippen LogP contribution >= 0.6 is 0 Å². The van der Waals surface area contributed by atoms with Crippen LogP contribution in [0.25, 0.3) is 0 Å². The second-order valence-electron chi connectivity index (χ2n) is 5.36. The van der Waals surface area contributed by atoms with Crippen molar-refractivity contribution in [1.82, 2.24) is 14.8 Å². The van der Waals surface area contributed by atoms with Gasteiger partial charge in [0.05, 0.1) is 18.4 Å². The Bertz CT molecular complexity index is 348. The van der Waals surface area contributed by atoms with Gasteiger partial charge < -0.3 is 4.74 Å². The predicted octanol–water partition coefficient (Wildman–Crippen LogP) is 1.62. The number of piperazine rings is 1. The van der Waals surface area contributed by atoms with Gasteiger partial charge in [-0.1, -0.05) is 6.07 Å². The molecule has 2 rings (SSSR count). The number of hydrogen-bond donors (Lipinski definition) is 0. The Morgan fingerprint density at radius 1 is 1.16 bits per heavy atom. The third-order valence-electron chi connectivity index (χ3n) is 3.44. The lowest BCUT2D eigenvalue weighted by molar-refractivity contribution is 0.0436. The molecule has 1 aliphatic rings. The standard InChI is InChI=1S/C15H25N3O/c1-14(2)19-12-11-17-7-9-18(10-8-17)13-15-5-3-4-6-16-15/h3-6,14H,7-13H2,1-2H3. The molecule has 0 radical (unpaired) electrons. The second kappa shape index (κ2) is 7.58. The molecule has 1 aromatic rings. The maximum Gasteiger partial charge on any atom is 0.0596 e. The summed E-state index contributed by atoms with van der Waals surface area (Å²) in [6.07, 6.45) is 2.21. The van der Waals surface area contributed by atoms with Crippen LogP contribution in [0.1, 0.15) is 19.5 Å². The SMILES string of the molecule is CC(C)OCCN1CCN(Cc2ccccn2)CC1. The van der Waals surface area contributed by atoms with Crippen LogP contribution in [0.2, 0.25) is 0 Å². The van der Waals surface area contributed by atoms with Crippen LogP contribution in [0.15, 0.2) is 24.4 Å². The monoisotopic (exact) mass is 263 g/mol. The summed E-state index contributed by atoms with van der Waals surface area (Å²) < 4.78 is 5.60. The van der Waals surface area contributed by atoms with Gasteiger partial charge in [-0.3, -0.25) is 14.8 Å². The molecule has 0 N–H and O–H groups in total. The van der Waals surface area contributed by atoms with Gasteiger partial charge in [0.1, 0.15) is 0 Å². The summed E-state index contributed by atoms with van der Waals surface area (Å²) in [6, 6.07) is 6.13. The molecular formula is C15H25N3O. The minimum Gasteiger partial charge on any atom is -0.377 e. The van der Waals surface area contributed by atoms with E-state index in [2.05, 4.69) is 40.8 Å². The van der Waals surface area contributed by atoms with Crippen molar-refractivity contribution in [2.45, 2.75) is 26.5 Å². The Labute approximate surface area is 116 Å². The number of pyridine rings is 1. The summed E-state index contributed by atoms with van der Waals surface area (Å²) >= 11 is 0. The van der Waals surface area contributed by atoms with Crippen molar-refractivity contribution in [2.75, 3.05) is 39.3 Å². The van der Waals surface area contributed by atoms with Crippen LogP contribution in [-0.2, 0) is 11.3 Å². The summed E-state index contributed by atoms with van der Waals surface area (Å²) in [5.74, 6) is 0. The Balaban J connectivity index is 1.65. The van der Waals surface area contributed by atoms with Gasteiger partial charge in [-0.05, 0) is 26.0 Å². The van der Waals surface area contributed by atoms with E-state index in [1.807, 2.05) is 12.3 Å². The molecule has 1 aliphatic heterocycles. The molecule has 0 aliphatic carbocycles. The van der Waals surface area contributed by atoms with Gasteiger partial charge in [-0.15, -0.1) is 0 Å². The van der Waals surface area contributed by atoms with E-state index in [1.165, 1.54) is 5.69 Å². The number of aromatic nitrogens is 1. The van der Waals surface area contributed by atoms with Crippen LogP contribution in [0.5, 0.6) is 0 Å². The fraction of sp³-hybridized carbons (Fsp3) is 0.667. The Hall–Kier alpha value is -0.970. The van der Waals surface area contributed by atoms with Crippen LogP contribution < -0.4 is 0 Å². The number of nitrogens with zero attached hydrogens (tertiary/aromatic N) is 3. The van der Waals surface area contributed by atoms with E-state index >= 15 is 0 Å². The third kappa shape index (κ3) is 5.27. The summed E-state index contributed by atoms with van der Waals surface area (Å²) in [5, 5.41) is 0. The molecule has 0 amide bonds. The zero-order valence-electron chi connectivity index (χ0n) is 12.1. The highest BCUT2D eigenvalue weighted by Crippen LogP contribution is 2.06. The lowest BCUT2D eigenvalue weighted by atomic mass is 10.2. The molecule has 1 saturated heterocycles. The van der Waals surface area contributed by atoms with E-state index in [0.717, 1.165) is 45.9 Å². The molecule has 0 spiro atoms. The largest absolute Gasteiger partial charge is 0.377 e. The fourth-order valence-electron chi connectivity index (χ4n) is 2.31. The molecule has 106 valence electrons. The predicted molar refractivity (Wildman–Crippen MR) is 77.0 cm³/mol. The van der Waals surface area contributed by atoms with Crippen molar-refractivity contribution in [1.29, 1.82) is 0 Å². The Morgan fingerprint density at radius 2 is 1.89 bits per heavy atom. The van der Waals surface area contributed by atoms with Crippen molar-refractivity contribution in [3.63, 3.8) is 0 Å². The molecule has 1 fully saturated rings. The summed E-state index contributed by atoms with van der Waals surface area (Å²) in [7, 11) is 0. The summed E-state index contributed by atoms with van der Waals surface area (Å²) in [4.78, 5) is 9.34. The van der Waals surface area contributed by atoms with Crippen molar-refractivity contribution in [2.24, 2.45) is 0 Å². The van der Waals surface area contributed by atoms with E-state index in [-0.39, 0.29) is 0 Å². The van der Waals surface area contributed by atoms with Crippen molar-refractivity contribution >= 4 is 0 Å². The highest BCUT2D eigenvalue weighted by atomic mass is 16.5. The molecule has 0 unspecified atom stereocenters. The smallest absolute Gasteiger partial charge is 0.0596 e. The molecule has 2 heterocycles. The molecular weight excluding hydrogens is 238 g/mol. The van der Waals surface area contributed by atoms with Gasteiger partial charge >= 0.3 is 0 Å². The van der Waals surface area contributed by atoms with Gasteiger partial charge in [0.25, 0.3) is 0 Å². The highest BCUT2D eigenvalue weighted by Gasteiger charge is 2.16. The van der Waals surface area contributed by atoms with Gasteiger partial charge in [-0.2, -0.15) is 0 Å². The van der Waals surface area contributed by atoms with Gasteiger partial charge in [0, 0.05) is 45.5 Å². The van der Waals surface area contributed by atoms with Gasteiger partial charge in [0.2, 0.25) is 0 Å². The molecule has 0 bridgehead atoms. The van der Waals surface area contributed by atoms with Crippen molar-refractivity contribution < 1.29 is 4.74 Å². The zero-order valence-corrected chi connectivity index (χ0v) is 12.1. The highest BCUT2D eigenvalue weighted by molar-refractivity contribution is 5.03. The number of ether oxygens (including phenoxy) is 1. The fourth-order valence-corrected chi connectivity index (χ4v) is 2.31. The molecule has 0 atom stereocenters. The lowest BCUT2D eigenvalue weighted by Gasteiger charge is -2.34. The lowest BCUT2D eigenvalue weighted by Crippen LogP contribution is -2.47. The van der Waals surface area contributed by atoms with Gasteiger partial charge in [-0.25, -0.2) is 0 Å². The maximum absolute atomic E-state index is 5.60. The minimum atomic E-state index is 0.338. The first-order valence-electron chi connectivity index (χ1n) is 7.20. The van der Waals surface area contributed by atoms with E-state index in [1.54, 1.807) is 0 Å². The van der Waals surface area contributed by atoms with E-state index in [9.17, 15) is 0 Å². The maximum atomic E-state index is 5.60. The molecule has 4 heteroatoms. The molecule has 4 nitrogen and oxygen atoms in total. The zero-order chi connectivity index (χ0) is 13.5. The summed E-state index contributed by atoms with van der Waals surface area (Å²) in [5.41, 5.74) is 1.17. The number of hydrogen-bond acceptors (Lipinski definition) is 4. The quantitative estimate of drug-likeness (QED) is 0.780. The van der Waals surface area contributed by atoms with E-state index in [0.29, 0.717) is 6.10 Å². The average Bonchev–Trinajstić information content (AvgIpc) is 2.42. The topological polar surface area (TPSA) is 28.6 Å². The first-order valence-corrected chi connectivity index (χ1v) is 7.20. The van der Waals surface area contributed by atoms with Gasteiger partial charge in [0.15, 0.2) is 0 Å². The molecule has 1 aromatic heterocycles. The first kappa shape index (κ1) is 14.4. The Morgan fingerprint density at radius 3 is 2.53 bits per heavy atom. The van der Waals surface area contributed by atoms with Crippen LogP contribution in [0, 0.1) is 0 Å². The van der Waals surface area contributed by atoms with Crippen LogP contribution in [0.3, 0.4) is 0 Å². The van der Waals surface area contributed by atoms with Crippen molar-refractivity contribution in [3.05, 3.63) is 30.1 Å². The second-order valence-corrected chi connectivity index (χ2v) is 5.36. The van der Waals surface area contributed by atoms with Crippen LogP contribution in [0.4, 0.5) is 0 Å². The van der Waals surface area contributed by atoms with E-state index in [4.69, 9.17) is 4.74 Å². The molecule has 19 heavy (non-hydrogen) atoms. The van der Waals surface area contributed by atoms with Crippen LogP contribution in [-0.4, -0.2) is 60.2 Å². The normalized spacial score (nSPS) is 18.1. The third-order valence-corrected chi connectivity index (χ3v) is 3.44.